The maximum Gasteiger partial charge on any atom is 0.337 e. The van der Waals surface area contributed by atoms with Crippen molar-refractivity contribution in [3.05, 3.63) is 57.0 Å². The topological polar surface area (TPSA) is 89.3 Å². The second-order valence-corrected chi connectivity index (χ2v) is 8.20. The van der Waals surface area contributed by atoms with Crippen LogP contribution >= 0.6 is 23.1 Å². The molecule has 1 aromatic heterocycles. The fraction of sp³-hybridized carbons (Fsp3) is 0.231. The SMILES string of the molecule is CS(=O)(=O)NCc1csc([N+](=O)[O-])c1SCc1ccccc1. The van der Waals surface area contributed by atoms with E-state index in [1.54, 1.807) is 5.38 Å². The fourth-order valence-corrected chi connectivity index (χ4v) is 4.32. The third kappa shape index (κ3) is 4.80. The molecule has 118 valence electrons. The third-order valence-corrected chi connectivity index (χ3v) is 5.71. The van der Waals surface area contributed by atoms with Crippen LogP contribution in [0.4, 0.5) is 5.00 Å². The Labute approximate surface area is 136 Å². The van der Waals surface area contributed by atoms with Crippen molar-refractivity contribution in [3.63, 3.8) is 0 Å². The monoisotopic (exact) mass is 358 g/mol. The zero-order valence-corrected chi connectivity index (χ0v) is 14.1. The molecule has 9 heteroatoms. The molecule has 0 saturated carbocycles. The van der Waals surface area contributed by atoms with E-state index in [1.165, 1.54) is 11.8 Å². The molecule has 1 aromatic carbocycles. The quantitative estimate of drug-likeness (QED) is 0.467. The summed E-state index contributed by atoms with van der Waals surface area (Å²) in [7, 11) is -3.34. The van der Waals surface area contributed by atoms with Crippen molar-refractivity contribution < 1.29 is 13.3 Å². The standard InChI is InChI=1S/C13H14N2O4S3/c1-22(18,19)14-7-11-9-21-13(15(16)17)12(11)20-8-10-5-3-2-4-6-10/h2-6,9,14H,7-8H2,1H3. The molecule has 1 heterocycles. The zero-order valence-electron chi connectivity index (χ0n) is 11.7. The number of hydrogen-bond donors (Lipinski definition) is 1. The zero-order chi connectivity index (χ0) is 16.2. The summed E-state index contributed by atoms with van der Waals surface area (Å²) in [4.78, 5) is 11.2. The summed E-state index contributed by atoms with van der Waals surface area (Å²) in [6.07, 6.45) is 1.06. The number of nitro groups is 1. The molecule has 0 amide bonds. The van der Waals surface area contributed by atoms with Gasteiger partial charge in [0, 0.05) is 17.7 Å². The highest BCUT2D eigenvalue weighted by Crippen LogP contribution is 2.39. The van der Waals surface area contributed by atoms with Gasteiger partial charge in [-0.15, -0.1) is 11.8 Å². The van der Waals surface area contributed by atoms with Gasteiger partial charge in [-0.2, -0.15) is 0 Å². The molecular formula is C13H14N2O4S3. The van der Waals surface area contributed by atoms with Gasteiger partial charge in [0.2, 0.25) is 10.0 Å². The molecule has 0 saturated heterocycles. The van der Waals surface area contributed by atoms with E-state index in [0.717, 1.165) is 23.2 Å². The largest absolute Gasteiger partial charge is 0.337 e. The molecule has 0 aliphatic rings. The van der Waals surface area contributed by atoms with Crippen molar-refractivity contribution in [1.29, 1.82) is 0 Å². The Hall–Kier alpha value is -1.42. The van der Waals surface area contributed by atoms with Crippen LogP contribution in [0.1, 0.15) is 11.1 Å². The predicted octanol–water partition coefficient (Wildman–Crippen LogP) is 3.00. The lowest BCUT2D eigenvalue weighted by molar-refractivity contribution is -0.382. The minimum atomic E-state index is -3.34. The minimum Gasteiger partial charge on any atom is -0.258 e. The minimum absolute atomic E-state index is 0.0474. The van der Waals surface area contributed by atoms with Gasteiger partial charge in [-0.1, -0.05) is 41.7 Å². The molecule has 2 rings (SSSR count). The third-order valence-electron chi connectivity index (χ3n) is 2.72. The summed E-state index contributed by atoms with van der Waals surface area (Å²) in [5, 5.41) is 12.8. The van der Waals surface area contributed by atoms with Gasteiger partial charge in [0.1, 0.15) is 4.90 Å². The molecule has 0 aliphatic heterocycles. The Balaban J connectivity index is 2.19. The fourth-order valence-electron chi connectivity index (χ4n) is 1.71. The highest BCUT2D eigenvalue weighted by Gasteiger charge is 2.22. The maximum atomic E-state index is 11.2. The Morgan fingerprint density at radius 2 is 2.00 bits per heavy atom. The average Bonchev–Trinajstić information content (AvgIpc) is 2.86. The molecule has 6 nitrogen and oxygen atoms in total. The molecule has 2 aromatic rings. The van der Waals surface area contributed by atoms with Crippen LogP contribution in [0.25, 0.3) is 0 Å². The molecule has 22 heavy (non-hydrogen) atoms. The Morgan fingerprint density at radius 3 is 2.59 bits per heavy atom. The molecule has 0 atom stereocenters. The van der Waals surface area contributed by atoms with Crippen LogP contribution in [0.5, 0.6) is 0 Å². The number of sulfonamides is 1. The molecule has 0 unspecified atom stereocenters. The summed E-state index contributed by atoms with van der Waals surface area (Å²) >= 11 is 2.36. The number of thiophene rings is 1. The number of benzene rings is 1. The molecule has 0 aliphatic carbocycles. The molecular weight excluding hydrogens is 344 g/mol. The lowest BCUT2D eigenvalue weighted by Crippen LogP contribution is -2.21. The van der Waals surface area contributed by atoms with Crippen molar-refractivity contribution in [1.82, 2.24) is 4.72 Å². The van der Waals surface area contributed by atoms with E-state index in [2.05, 4.69) is 4.72 Å². The van der Waals surface area contributed by atoms with Crippen LogP contribution < -0.4 is 4.72 Å². The molecule has 0 bridgehead atoms. The second kappa shape index (κ2) is 7.23. The first-order valence-electron chi connectivity index (χ1n) is 6.23. The first-order valence-corrected chi connectivity index (χ1v) is 9.98. The number of nitrogens with one attached hydrogen (secondary N) is 1. The van der Waals surface area contributed by atoms with Crippen LogP contribution in [0.15, 0.2) is 40.6 Å². The predicted molar refractivity (Wildman–Crippen MR) is 88.7 cm³/mol. The van der Waals surface area contributed by atoms with E-state index in [1.807, 2.05) is 30.3 Å². The van der Waals surface area contributed by atoms with Crippen molar-refractivity contribution in [3.8, 4) is 0 Å². The van der Waals surface area contributed by atoms with E-state index >= 15 is 0 Å². The summed E-state index contributed by atoms with van der Waals surface area (Å²) in [6, 6.07) is 9.61. The van der Waals surface area contributed by atoms with Crippen molar-refractivity contribution in [2.45, 2.75) is 17.2 Å². The van der Waals surface area contributed by atoms with E-state index < -0.39 is 14.9 Å². The summed E-state index contributed by atoms with van der Waals surface area (Å²) in [5.74, 6) is 0.588. The molecule has 1 N–H and O–H groups in total. The smallest absolute Gasteiger partial charge is 0.258 e. The van der Waals surface area contributed by atoms with E-state index in [0.29, 0.717) is 16.2 Å². The van der Waals surface area contributed by atoms with E-state index in [-0.39, 0.29) is 11.5 Å². The first kappa shape index (κ1) is 16.9. The molecule has 0 spiro atoms. The molecule has 0 radical (unpaired) electrons. The van der Waals surface area contributed by atoms with E-state index in [9.17, 15) is 18.5 Å². The van der Waals surface area contributed by atoms with Gasteiger partial charge in [-0.3, -0.25) is 10.1 Å². The Bertz CT molecular complexity index is 757. The van der Waals surface area contributed by atoms with Crippen LogP contribution in [0.2, 0.25) is 0 Å². The van der Waals surface area contributed by atoms with Gasteiger partial charge in [0.25, 0.3) is 0 Å². The van der Waals surface area contributed by atoms with Crippen molar-refractivity contribution >= 4 is 38.1 Å². The van der Waals surface area contributed by atoms with Crippen molar-refractivity contribution in [2.24, 2.45) is 0 Å². The van der Waals surface area contributed by atoms with Crippen LogP contribution in [0.3, 0.4) is 0 Å². The number of thioether (sulfide) groups is 1. The summed E-state index contributed by atoms with van der Waals surface area (Å²) < 4.78 is 24.7. The van der Waals surface area contributed by atoms with Gasteiger partial charge in [0.05, 0.1) is 11.2 Å². The lowest BCUT2D eigenvalue weighted by Gasteiger charge is -2.05. The van der Waals surface area contributed by atoms with Gasteiger partial charge >= 0.3 is 5.00 Å². The first-order chi connectivity index (χ1) is 10.4. The van der Waals surface area contributed by atoms with E-state index in [4.69, 9.17) is 0 Å². The van der Waals surface area contributed by atoms with Crippen LogP contribution in [-0.4, -0.2) is 19.6 Å². The Kier molecular flexibility index (Phi) is 5.57. The second-order valence-electron chi connectivity index (χ2n) is 4.52. The number of nitrogens with zero attached hydrogens (tertiary/aromatic N) is 1. The van der Waals surface area contributed by atoms with Crippen LogP contribution in [0, 0.1) is 10.1 Å². The van der Waals surface area contributed by atoms with Crippen LogP contribution in [-0.2, 0) is 22.3 Å². The molecule has 0 fully saturated rings. The number of rotatable bonds is 7. The van der Waals surface area contributed by atoms with Gasteiger partial charge < -0.3 is 0 Å². The van der Waals surface area contributed by atoms with Gasteiger partial charge in [-0.05, 0) is 11.1 Å². The average molecular weight is 358 g/mol. The normalized spacial score (nSPS) is 11.5. The van der Waals surface area contributed by atoms with Crippen molar-refractivity contribution in [2.75, 3.05) is 6.26 Å². The number of hydrogen-bond acceptors (Lipinski definition) is 6. The summed E-state index contributed by atoms with van der Waals surface area (Å²) in [6.45, 7) is 0.0558. The van der Waals surface area contributed by atoms with Gasteiger partial charge in [0.15, 0.2) is 0 Å². The Morgan fingerprint density at radius 1 is 1.32 bits per heavy atom. The summed E-state index contributed by atoms with van der Waals surface area (Å²) in [5.41, 5.74) is 1.68. The maximum absolute atomic E-state index is 11.2. The highest BCUT2D eigenvalue weighted by atomic mass is 32.2. The van der Waals surface area contributed by atoms with Gasteiger partial charge in [-0.25, -0.2) is 13.1 Å². The lowest BCUT2D eigenvalue weighted by atomic mass is 10.2. The highest BCUT2D eigenvalue weighted by molar-refractivity contribution is 7.98.